The second-order valence-corrected chi connectivity index (χ2v) is 6.68. The van der Waals surface area contributed by atoms with Gasteiger partial charge < -0.3 is 5.32 Å². The standard InChI is InChI=1S/C17H13Cl3N2O2/c18-11-2-4-12(5-3-11)22-16(23)8-15(17(22)24)21-9-10-1-6-13(19)14(20)7-10/h1-7,15,21H,8-9H2/t15-/m0/s1. The highest BCUT2D eigenvalue weighted by Gasteiger charge is 2.39. The lowest BCUT2D eigenvalue weighted by molar-refractivity contribution is -0.121. The van der Waals surface area contributed by atoms with Crippen LogP contribution in [0.4, 0.5) is 5.69 Å². The van der Waals surface area contributed by atoms with Gasteiger partial charge >= 0.3 is 0 Å². The Balaban J connectivity index is 1.69. The summed E-state index contributed by atoms with van der Waals surface area (Å²) < 4.78 is 0. The Morgan fingerprint density at radius 1 is 1.00 bits per heavy atom. The number of carbonyl (C=O) groups is 2. The first-order valence-corrected chi connectivity index (χ1v) is 8.39. The van der Waals surface area contributed by atoms with Gasteiger partial charge in [-0.3, -0.25) is 9.59 Å². The molecule has 0 aromatic heterocycles. The molecule has 1 saturated heterocycles. The number of amides is 2. The molecule has 0 spiro atoms. The zero-order chi connectivity index (χ0) is 17.3. The summed E-state index contributed by atoms with van der Waals surface area (Å²) in [4.78, 5) is 25.9. The molecule has 1 N–H and O–H groups in total. The summed E-state index contributed by atoms with van der Waals surface area (Å²) in [5.41, 5.74) is 1.41. The third kappa shape index (κ3) is 3.57. The van der Waals surface area contributed by atoms with E-state index in [4.69, 9.17) is 34.8 Å². The van der Waals surface area contributed by atoms with Crippen LogP contribution in [0.25, 0.3) is 0 Å². The summed E-state index contributed by atoms with van der Waals surface area (Å²) in [5, 5.41) is 4.57. The van der Waals surface area contributed by atoms with E-state index in [1.807, 2.05) is 6.07 Å². The summed E-state index contributed by atoms with van der Waals surface area (Å²) in [6.45, 7) is 0.412. The second kappa shape index (κ2) is 7.11. The highest BCUT2D eigenvalue weighted by atomic mass is 35.5. The largest absolute Gasteiger partial charge is 0.301 e. The number of nitrogens with one attached hydrogen (secondary N) is 1. The summed E-state index contributed by atoms with van der Waals surface area (Å²) in [5.74, 6) is -0.517. The van der Waals surface area contributed by atoms with E-state index in [2.05, 4.69) is 5.32 Å². The third-order valence-corrected chi connectivity index (χ3v) is 4.76. The number of imide groups is 1. The normalized spacial score (nSPS) is 17.6. The van der Waals surface area contributed by atoms with Gasteiger partial charge in [-0.25, -0.2) is 4.90 Å². The monoisotopic (exact) mass is 382 g/mol. The Morgan fingerprint density at radius 2 is 1.71 bits per heavy atom. The van der Waals surface area contributed by atoms with Crippen LogP contribution in [-0.2, 0) is 16.1 Å². The molecular weight excluding hydrogens is 371 g/mol. The quantitative estimate of drug-likeness (QED) is 0.810. The smallest absolute Gasteiger partial charge is 0.251 e. The predicted molar refractivity (Wildman–Crippen MR) is 95.7 cm³/mol. The number of benzene rings is 2. The Labute approximate surface area is 154 Å². The van der Waals surface area contributed by atoms with Crippen molar-refractivity contribution in [2.75, 3.05) is 4.90 Å². The molecule has 7 heteroatoms. The van der Waals surface area contributed by atoms with Crippen molar-refractivity contribution in [2.24, 2.45) is 0 Å². The lowest BCUT2D eigenvalue weighted by atomic mass is 10.2. The molecule has 2 aromatic rings. The Morgan fingerprint density at radius 3 is 2.38 bits per heavy atom. The molecule has 0 saturated carbocycles. The lowest BCUT2D eigenvalue weighted by Gasteiger charge is -2.15. The number of hydrogen-bond acceptors (Lipinski definition) is 3. The Hall–Kier alpha value is -1.59. The minimum atomic E-state index is -0.567. The molecule has 0 aliphatic carbocycles. The van der Waals surface area contributed by atoms with Gasteiger partial charge in [-0.05, 0) is 42.0 Å². The number of hydrogen-bond donors (Lipinski definition) is 1. The number of rotatable bonds is 4. The molecule has 2 aromatic carbocycles. The summed E-state index contributed by atoms with van der Waals surface area (Å²) >= 11 is 17.7. The van der Waals surface area contributed by atoms with Crippen molar-refractivity contribution in [3.8, 4) is 0 Å². The summed E-state index contributed by atoms with van der Waals surface area (Å²) in [7, 11) is 0. The zero-order valence-corrected chi connectivity index (χ0v) is 14.7. The van der Waals surface area contributed by atoms with Crippen LogP contribution < -0.4 is 10.2 Å². The molecule has 0 bridgehead atoms. The zero-order valence-electron chi connectivity index (χ0n) is 12.4. The number of halogens is 3. The SMILES string of the molecule is O=C1C[C@H](NCc2ccc(Cl)c(Cl)c2)C(=O)N1c1ccc(Cl)cc1. The maximum Gasteiger partial charge on any atom is 0.251 e. The van der Waals surface area contributed by atoms with E-state index in [1.54, 1.807) is 36.4 Å². The van der Waals surface area contributed by atoms with Crippen LogP contribution in [-0.4, -0.2) is 17.9 Å². The van der Waals surface area contributed by atoms with Crippen molar-refractivity contribution in [3.05, 3.63) is 63.1 Å². The Kier molecular flexibility index (Phi) is 5.11. The van der Waals surface area contributed by atoms with Crippen LogP contribution in [0.2, 0.25) is 15.1 Å². The van der Waals surface area contributed by atoms with Crippen molar-refractivity contribution < 1.29 is 9.59 Å². The molecule has 1 heterocycles. The van der Waals surface area contributed by atoms with E-state index in [9.17, 15) is 9.59 Å². The molecule has 2 amide bonds. The number of carbonyl (C=O) groups excluding carboxylic acids is 2. The molecule has 4 nitrogen and oxygen atoms in total. The molecule has 1 aliphatic rings. The van der Waals surface area contributed by atoms with Crippen LogP contribution in [0.15, 0.2) is 42.5 Å². The summed E-state index contributed by atoms with van der Waals surface area (Å²) in [6, 6.07) is 11.3. The minimum Gasteiger partial charge on any atom is -0.301 e. The number of anilines is 1. The molecule has 24 heavy (non-hydrogen) atoms. The fourth-order valence-corrected chi connectivity index (χ4v) is 2.99. The van der Waals surface area contributed by atoms with Crippen LogP contribution in [0.5, 0.6) is 0 Å². The maximum absolute atomic E-state index is 12.5. The van der Waals surface area contributed by atoms with E-state index in [-0.39, 0.29) is 18.2 Å². The van der Waals surface area contributed by atoms with Crippen molar-refractivity contribution in [3.63, 3.8) is 0 Å². The predicted octanol–water partition coefficient (Wildman–Crippen LogP) is 4.07. The Bertz CT molecular complexity index is 793. The van der Waals surface area contributed by atoms with E-state index in [1.165, 1.54) is 4.90 Å². The van der Waals surface area contributed by atoms with Crippen molar-refractivity contribution >= 4 is 52.3 Å². The lowest BCUT2D eigenvalue weighted by Crippen LogP contribution is -2.38. The van der Waals surface area contributed by atoms with Crippen molar-refractivity contribution in [2.45, 2.75) is 19.0 Å². The van der Waals surface area contributed by atoms with Crippen LogP contribution in [0, 0.1) is 0 Å². The molecule has 1 aliphatic heterocycles. The van der Waals surface area contributed by atoms with E-state index >= 15 is 0 Å². The average molecular weight is 384 g/mol. The van der Waals surface area contributed by atoms with Crippen molar-refractivity contribution in [1.29, 1.82) is 0 Å². The first-order valence-electron chi connectivity index (χ1n) is 7.25. The molecule has 0 radical (unpaired) electrons. The van der Waals surface area contributed by atoms with Gasteiger partial charge in [0, 0.05) is 11.6 Å². The van der Waals surface area contributed by atoms with Crippen molar-refractivity contribution in [1.82, 2.24) is 5.32 Å². The van der Waals surface area contributed by atoms with Crippen LogP contribution in [0.1, 0.15) is 12.0 Å². The molecule has 1 fully saturated rings. The highest BCUT2D eigenvalue weighted by molar-refractivity contribution is 6.42. The molecule has 0 unspecified atom stereocenters. The molecule has 124 valence electrons. The average Bonchev–Trinajstić information content (AvgIpc) is 2.84. The van der Waals surface area contributed by atoms with Gasteiger partial charge in [-0.15, -0.1) is 0 Å². The van der Waals surface area contributed by atoms with E-state index in [0.29, 0.717) is 27.3 Å². The van der Waals surface area contributed by atoms with Gasteiger partial charge in [-0.2, -0.15) is 0 Å². The highest BCUT2D eigenvalue weighted by Crippen LogP contribution is 2.25. The van der Waals surface area contributed by atoms with Crippen LogP contribution in [0.3, 0.4) is 0 Å². The van der Waals surface area contributed by atoms with Gasteiger partial charge in [0.1, 0.15) is 0 Å². The summed E-state index contributed by atoms with van der Waals surface area (Å²) in [6.07, 6.45) is 0.114. The molecule has 1 atom stereocenters. The van der Waals surface area contributed by atoms with Gasteiger partial charge in [0.25, 0.3) is 5.91 Å². The third-order valence-electron chi connectivity index (χ3n) is 3.77. The molecular formula is C17H13Cl3N2O2. The first-order chi connectivity index (χ1) is 11.5. The first kappa shape index (κ1) is 17.2. The maximum atomic E-state index is 12.5. The van der Waals surface area contributed by atoms with E-state index in [0.717, 1.165) is 5.56 Å². The second-order valence-electron chi connectivity index (χ2n) is 5.43. The topological polar surface area (TPSA) is 49.4 Å². The van der Waals surface area contributed by atoms with Gasteiger partial charge in [-0.1, -0.05) is 40.9 Å². The minimum absolute atomic E-state index is 0.114. The van der Waals surface area contributed by atoms with Gasteiger partial charge in [0.05, 0.1) is 28.2 Å². The fraction of sp³-hybridized carbons (Fsp3) is 0.176. The van der Waals surface area contributed by atoms with Gasteiger partial charge in [0.15, 0.2) is 0 Å². The number of nitrogens with zero attached hydrogens (tertiary/aromatic N) is 1. The van der Waals surface area contributed by atoms with Gasteiger partial charge in [0.2, 0.25) is 5.91 Å². The fourth-order valence-electron chi connectivity index (χ4n) is 2.54. The molecule has 3 rings (SSSR count). The van der Waals surface area contributed by atoms with E-state index < -0.39 is 6.04 Å². The van der Waals surface area contributed by atoms with Crippen LogP contribution >= 0.6 is 34.8 Å².